The van der Waals surface area contributed by atoms with Crippen LogP contribution in [0.3, 0.4) is 0 Å². The molecule has 8 heteroatoms. The molecule has 0 aliphatic rings. The second-order valence-corrected chi connectivity index (χ2v) is 2.72. The van der Waals surface area contributed by atoms with E-state index in [0.717, 1.165) is 14.0 Å². The molecule has 1 amide bonds. The Hall–Kier alpha value is -1.21. The number of hydrogen-bond acceptors (Lipinski definition) is 3. The van der Waals surface area contributed by atoms with E-state index in [1.54, 1.807) is 0 Å². The van der Waals surface area contributed by atoms with Gasteiger partial charge in [-0.25, -0.2) is 4.79 Å². The molecular weight excluding hydrogens is 202 g/mol. The van der Waals surface area contributed by atoms with Crippen LogP contribution in [0.1, 0.15) is 6.92 Å². The van der Waals surface area contributed by atoms with Crippen molar-refractivity contribution >= 4 is 18.9 Å². The molecule has 0 radical (unpaired) electrons. The molecule has 4 nitrogen and oxygen atoms in total. The molecule has 14 heavy (non-hydrogen) atoms. The zero-order valence-electron chi connectivity index (χ0n) is 7.72. The maximum absolute atomic E-state index is 12.0. The molecule has 82 valence electrons. The summed E-state index contributed by atoms with van der Waals surface area (Å²) in [6.07, 6.45) is -1.37. The smallest absolute Gasteiger partial charge is 0.468 e. The number of amides is 1. The summed E-state index contributed by atoms with van der Waals surface area (Å²) in [5.74, 6) is -1.81. The Kier molecular flexibility index (Phi) is 4.45. The number of nitrogens with one attached hydrogen (secondary N) is 1. The highest BCUT2D eigenvalue weighted by atomic mass is 19.4. The summed E-state index contributed by atoms with van der Waals surface area (Å²) in [4.78, 5) is 21.3. The van der Waals surface area contributed by atoms with Crippen LogP contribution in [0.4, 0.5) is 12.9 Å². The van der Waals surface area contributed by atoms with Crippen molar-refractivity contribution in [2.45, 2.75) is 19.3 Å². The Labute approximate surface area is 78.9 Å². The van der Waals surface area contributed by atoms with E-state index in [9.17, 15) is 22.5 Å². The number of methoxy groups -OCH3 is 1. The number of rotatable bonds is 4. The molecule has 0 aliphatic carbocycles. The molecule has 0 fully saturated rings. The molecule has 1 atom stereocenters. The van der Waals surface area contributed by atoms with Gasteiger partial charge in [-0.1, -0.05) is 6.32 Å². The molecule has 0 aromatic rings. The monoisotopic (exact) mass is 212 g/mol. The summed E-state index contributed by atoms with van der Waals surface area (Å²) >= 11 is 0. The van der Waals surface area contributed by atoms with Gasteiger partial charge in [-0.2, -0.15) is 0 Å². The number of carbonyl (C=O) groups excluding carboxylic acids is 2. The van der Waals surface area contributed by atoms with Gasteiger partial charge in [0.15, 0.2) is 0 Å². The SMILES string of the molecule is COC(=O)C(C[B-](F)(F)F)NC(C)=O. The van der Waals surface area contributed by atoms with Gasteiger partial charge in [0, 0.05) is 6.92 Å². The normalized spacial score (nSPS) is 13.2. The number of hydrogen-bond donors (Lipinski definition) is 1. The van der Waals surface area contributed by atoms with Gasteiger partial charge in [-0.3, -0.25) is 4.79 Å². The van der Waals surface area contributed by atoms with Gasteiger partial charge in [-0.15, -0.1) is 0 Å². The van der Waals surface area contributed by atoms with E-state index in [-0.39, 0.29) is 0 Å². The summed E-state index contributed by atoms with van der Waals surface area (Å²) in [6.45, 7) is -4.11. The van der Waals surface area contributed by atoms with Crippen molar-refractivity contribution in [3.63, 3.8) is 0 Å². The van der Waals surface area contributed by atoms with Crippen molar-refractivity contribution in [3.8, 4) is 0 Å². The molecule has 1 unspecified atom stereocenters. The standard InChI is InChI=1S/C6H10BF3NO3/c1-4(12)11-5(6(13)14-2)3-7(8,9)10/h5H,3H2,1-2H3,(H,11,12)/q-1. The minimum Gasteiger partial charge on any atom is -0.468 e. The van der Waals surface area contributed by atoms with E-state index in [2.05, 4.69) is 4.74 Å². The summed E-state index contributed by atoms with van der Waals surface area (Å²) < 4.78 is 40.0. The van der Waals surface area contributed by atoms with E-state index in [1.807, 2.05) is 5.32 Å². The molecule has 0 bridgehead atoms. The van der Waals surface area contributed by atoms with Crippen LogP contribution in [0.15, 0.2) is 0 Å². The first kappa shape index (κ1) is 12.8. The van der Waals surface area contributed by atoms with Crippen LogP contribution in [-0.2, 0) is 14.3 Å². The lowest BCUT2D eigenvalue weighted by molar-refractivity contribution is -0.144. The minimum atomic E-state index is -5.14. The molecule has 1 N–H and O–H groups in total. The zero-order chi connectivity index (χ0) is 11.4. The molecule has 0 aliphatic heterocycles. The highest BCUT2D eigenvalue weighted by molar-refractivity contribution is 6.59. The van der Waals surface area contributed by atoms with Crippen LogP contribution < -0.4 is 5.32 Å². The molecule has 0 heterocycles. The van der Waals surface area contributed by atoms with Crippen molar-refractivity contribution < 1.29 is 27.3 Å². The fourth-order valence-electron chi connectivity index (χ4n) is 0.869. The average Bonchev–Trinajstić information content (AvgIpc) is 1.98. The van der Waals surface area contributed by atoms with Crippen molar-refractivity contribution in [1.82, 2.24) is 5.32 Å². The third-order valence-corrected chi connectivity index (χ3v) is 1.37. The Morgan fingerprint density at radius 3 is 2.21 bits per heavy atom. The maximum Gasteiger partial charge on any atom is 0.480 e. The molecular formula is C6H10BF3NO3-. The Balaban J connectivity index is 4.40. The van der Waals surface area contributed by atoms with Crippen LogP contribution in [-0.4, -0.2) is 32.0 Å². The number of esters is 1. The second kappa shape index (κ2) is 4.87. The minimum absolute atomic E-state index is 0.708. The van der Waals surface area contributed by atoms with Gasteiger partial charge in [0.1, 0.15) is 6.04 Å². The molecule has 0 rings (SSSR count). The summed E-state index contributed by atoms with van der Waals surface area (Å²) in [5, 5.41) is 1.87. The number of halogens is 3. The van der Waals surface area contributed by atoms with E-state index in [0.29, 0.717) is 0 Å². The predicted octanol–water partition coefficient (Wildman–Crippen LogP) is 0.511. The van der Waals surface area contributed by atoms with Crippen molar-refractivity contribution in [2.24, 2.45) is 0 Å². The second-order valence-electron chi connectivity index (χ2n) is 2.72. The number of ether oxygens (including phenoxy) is 1. The maximum atomic E-state index is 12.0. The third-order valence-electron chi connectivity index (χ3n) is 1.37. The molecule has 0 aromatic heterocycles. The Morgan fingerprint density at radius 1 is 1.43 bits per heavy atom. The Morgan fingerprint density at radius 2 is 1.93 bits per heavy atom. The first-order valence-electron chi connectivity index (χ1n) is 3.82. The summed E-state index contributed by atoms with van der Waals surface area (Å²) in [6, 6.07) is -1.64. The quantitative estimate of drug-likeness (QED) is 0.545. The molecule has 0 saturated heterocycles. The zero-order valence-corrected chi connectivity index (χ0v) is 7.72. The van der Waals surface area contributed by atoms with Gasteiger partial charge < -0.3 is 23.0 Å². The fourth-order valence-corrected chi connectivity index (χ4v) is 0.869. The first-order chi connectivity index (χ1) is 6.26. The number of carbonyl (C=O) groups is 2. The van der Waals surface area contributed by atoms with Gasteiger partial charge >= 0.3 is 12.9 Å². The Bertz CT molecular complexity index is 231. The third kappa shape index (κ3) is 5.44. The van der Waals surface area contributed by atoms with Gasteiger partial charge in [0.05, 0.1) is 7.11 Å². The van der Waals surface area contributed by atoms with Crippen LogP contribution in [0.5, 0.6) is 0 Å². The summed E-state index contributed by atoms with van der Waals surface area (Å²) in [7, 11) is 0.959. The van der Waals surface area contributed by atoms with Crippen LogP contribution in [0.2, 0.25) is 6.32 Å². The highest BCUT2D eigenvalue weighted by Crippen LogP contribution is 2.17. The van der Waals surface area contributed by atoms with Gasteiger partial charge in [0.2, 0.25) is 5.91 Å². The lowest BCUT2D eigenvalue weighted by Gasteiger charge is -2.21. The van der Waals surface area contributed by atoms with Crippen LogP contribution in [0, 0.1) is 0 Å². The van der Waals surface area contributed by atoms with Gasteiger partial charge in [-0.05, 0) is 0 Å². The molecule has 0 saturated carbocycles. The van der Waals surface area contributed by atoms with Crippen molar-refractivity contribution in [1.29, 1.82) is 0 Å². The molecule has 0 spiro atoms. The largest absolute Gasteiger partial charge is 0.480 e. The lowest BCUT2D eigenvalue weighted by atomic mass is 9.81. The van der Waals surface area contributed by atoms with Crippen LogP contribution >= 0.6 is 0 Å². The average molecular weight is 212 g/mol. The van der Waals surface area contributed by atoms with Crippen molar-refractivity contribution in [3.05, 3.63) is 0 Å². The lowest BCUT2D eigenvalue weighted by Crippen LogP contribution is -2.44. The van der Waals surface area contributed by atoms with Crippen molar-refractivity contribution in [2.75, 3.05) is 7.11 Å². The molecule has 0 aromatic carbocycles. The van der Waals surface area contributed by atoms with E-state index in [1.165, 1.54) is 0 Å². The highest BCUT2D eigenvalue weighted by Gasteiger charge is 2.32. The van der Waals surface area contributed by atoms with E-state index < -0.39 is 31.2 Å². The van der Waals surface area contributed by atoms with E-state index >= 15 is 0 Å². The fraction of sp³-hybridized carbons (Fsp3) is 0.667. The first-order valence-corrected chi connectivity index (χ1v) is 3.82. The van der Waals surface area contributed by atoms with Gasteiger partial charge in [0.25, 0.3) is 0 Å². The topological polar surface area (TPSA) is 55.4 Å². The van der Waals surface area contributed by atoms with E-state index in [4.69, 9.17) is 0 Å². The summed E-state index contributed by atoms with van der Waals surface area (Å²) in [5.41, 5.74) is 0. The van der Waals surface area contributed by atoms with Crippen LogP contribution in [0.25, 0.3) is 0 Å². The predicted molar refractivity (Wildman–Crippen MR) is 43.5 cm³/mol.